The summed E-state index contributed by atoms with van der Waals surface area (Å²) in [4.78, 5) is 49.8. The molecule has 0 radical (unpaired) electrons. The van der Waals surface area contributed by atoms with Gasteiger partial charge in [-0.1, -0.05) is 0 Å². The fourth-order valence-corrected chi connectivity index (χ4v) is 2.63. The van der Waals surface area contributed by atoms with Gasteiger partial charge in [-0.05, 0) is 13.8 Å². The summed E-state index contributed by atoms with van der Waals surface area (Å²) in [5, 5.41) is 10.4. The van der Waals surface area contributed by atoms with Crippen LogP contribution in [0.15, 0.2) is 12.2 Å². The third-order valence-electron chi connectivity index (χ3n) is 3.97. The molecule has 140 valence electrons. The van der Waals surface area contributed by atoms with Crippen molar-refractivity contribution in [3.8, 4) is 0 Å². The number of hydrogen-bond donors (Lipinski definition) is 1. The molecule has 25 heavy (non-hydrogen) atoms. The minimum Gasteiger partial charge on any atom is -0.466 e. The maximum absolute atomic E-state index is 12.6. The minimum atomic E-state index is -1.35. The second-order valence-corrected chi connectivity index (χ2v) is 5.45. The highest BCUT2D eigenvalue weighted by Crippen LogP contribution is 2.23. The van der Waals surface area contributed by atoms with Crippen molar-refractivity contribution >= 4 is 23.8 Å². The molecule has 1 heterocycles. The SMILES string of the molecule is CCN(CC)C(=O)[C@@H]1[C@H](O)[C@@H](OC(=O)/C=C/C(=O)OC)CN1C(C)=O. The molecule has 0 saturated carbocycles. The smallest absolute Gasteiger partial charge is 0.331 e. The van der Waals surface area contributed by atoms with E-state index in [1.807, 2.05) is 0 Å². The molecule has 1 fully saturated rings. The molecule has 9 nitrogen and oxygen atoms in total. The van der Waals surface area contributed by atoms with E-state index in [-0.39, 0.29) is 6.54 Å². The highest BCUT2D eigenvalue weighted by atomic mass is 16.6. The quantitative estimate of drug-likeness (QED) is 0.484. The second-order valence-electron chi connectivity index (χ2n) is 5.45. The van der Waals surface area contributed by atoms with Gasteiger partial charge in [-0.15, -0.1) is 0 Å². The number of carbonyl (C=O) groups is 4. The van der Waals surface area contributed by atoms with Gasteiger partial charge in [0.05, 0.1) is 13.7 Å². The van der Waals surface area contributed by atoms with E-state index in [1.165, 1.54) is 16.7 Å². The second kappa shape index (κ2) is 9.16. The van der Waals surface area contributed by atoms with Crippen LogP contribution in [0.25, 0.3) is 0 Å². The van der Waals surface area contributed by atoms with Crippen molar-refractivity contribution in [2.24, 2.45) is 0 Å². The Balaban J connectivity index is 2.90. The maximum atomic E-state index is 12.6. The Morgan fingerprint density at radius 2 is 1.72 bits per heavy atom. The molecule has 9 heteroatoms. The van der Waals surface area contributed by atoms with Crippen LogP contribution in [0.4, 0.5) is 0 Å². The summed E-state index contributed by atoms with van der Waals surface area (Å²) in [6, 6.07) is -1.11. The van der Waals surface area contributed by atoms with Crippen molar-refractivity contribution in [3.63, 3.8) is 0 Å². The predicted octanol–water partition coefficient (Wildman–Crippen LogP) is -0.913. The van der Waals surface area contributed by atoms with E-state index >= 15 is 0 Å². The van der Waals surface area contributed by atoms with Crippen LogP contribution in [-0.4, -0.2) is 83.7 Å². The number of amides is 2. The number of likely N-dealkylation sites (N-methyl/N-ethyl adjacent to an activating group) is 1. The number of likely N-dealkylation sites (tertiary alicyclic amines) is 1. The van der Waals surface area contributed by atoms with Gasteiger partial charge in [-0.2, -0.15) is 0 Å². The van der Waals surface area contributed by atoms with Crippen LogP contribution in [0, 0.1) is 0 Å². The minimum absolute atomic E-state index is 0.105. The Bertz CT molecular complexity index is 557. The van der Waals surface area contributed by atoms with E-state index in [9.17, 15) is 24.3 Å². The molecule has 3 atom stereocenters. The maximum Gasteiger partial charge on any atom is 0.331 e. The van der Waals surface area contributed by atoms with Gasteiger partial charge in [0.1, 0.15) is 18.2 Å². The summed E-state index contributed by atoms with van der Waals surface area (Å²) in [5.41, 5.74) is 0. The first-order valence-electron chi connectivity index (χ1n) is 7.97. The van der Waals surface area contributed by atoms with Crippen LogP contribution in [0.1, 0.15) is 20.8 Å². The molecule has 1 saturated heterocycles. The zero-order chi connectivity index (χ0) is 19.1. The number of methoxy groups -OCH3 is 1. The first-order valence-corrected chi connectivity index (χ1v) is 7.97. The highest BCUT2D eigenvalue weighted by molar-refractivity contribution is 5.92. The molecule has 1 N–H and O–H groups in total. The molecule has 0 aromatic carbocycles. The van der Waals surface area contributed by atoms with E-state index in [0.717, 1.165) is 19.3 Å². The summed E-state index contributed by atoms with van der Waals surface area (Å²) >= 11 is 0. The average molecular weight is 356 g/mol. The third kappa shape index (κ3) is 5.02. The molecule has 0 aromatic heterocycles. The van der Waals surface area contributed by atoms with Gasteiger partial charge < -0.3 is 24.4 Å². The van der Waals surface area contributed by atoms with E-state index in [2.05, 4.69) is 4.74 Å². The molecule has 1 aliphatic rings. The van der Waals surface area contributed by atoms with Gasteiger partial charge in [-0.25, -0.2) is 9.59 Å². The zero-order valence-electron chi connectivity index (χ0n) is 14.8. The van der Waals surface area contributed by atoms with Gasteiger partial charge >= 0.3 is 11.9 Å². The first-order chi connectivity index (χ1) is 11.8. The number of nitrogens with zero attached hydrogens (tertiary/aromatic N) is 2. The molecule has 0 unspecified atom stereocenters. The van der Waals surface area contributed by atoms with Crippen LogP contribution in [-0.2, 0) is 28.7 Å². The number of aliphatic hydroxyl groups is 1. The normalized spacial score (nSPS) is 22.8. The van der Waals surface area contributed by atoms with E-state index in [1.54, 1.807) is 13.8 Å². The fraction of sp³-hybridized carbons (Fsp3) is 0.625. The van der Waals surface area contributed by atoms with Gasteiger partial charge in [-0.3, -0.25) is 9.59 Å². The van der Waals surface area contributed by atoms with Gasteiger partial charge in [0.15, 0.2) is 0 Å². The van der Waals surface area contributed by atoms with Gasteiger partial charge in [0.25, 0.3) is 0 Å². The van der Waals surface area contributed by atoms with E-state index < -0.39 is 42.0 Å². The van der Waals surface area contributed by atoms with Crippen molar-refractivity contribution in [1.82, 2.24) is 9.80 Å². The van der Waals surface area contributed by atoms with Crippen molar-refractivity contribution in [2.75, 3.05) is 26.7 Å². The molecular weight excluding hydrogens is 332 g/mol. The van der Waals surface area contributed by atoms with Crippen molar-refractivity contribution in [2.45, 2.75) is 39.0 Å². The number of ether oxygens (including phenoxy) is 2. The monoisotopic (exact) mass is 356 g/mol. The third-order valence-corrected chi connectivity index (χ3v) is 3.97. The van der Waals surface area contributed by atoms with E-state index in [4.69, 9.17) is 4.74 Å². The van der Waals surface area contributed by atoms with Gasteiger partial charge in [0.2, 0.25) is 11.8 Å². The van der Waals surface area contributed by atoms with Crippen LogP contribution >= 0.6 is 0 Å². The molecule has 0 aliphatic carbocycles. The molecule has 1 aliphatic heterocycles. The lowest BCUT2D eigenvalue weighted by Crippen LogP contribution is -2.51. The lowest BCUT2D eigenvalue weighted by atomic mass is 10.1. The molecule has 0 aromatic rings. The summed E-state index contributed by atoms with van der Waals surface area (Å²) in [6.07, 6.45) is -0.683. The Morgan fingerprint density at radius 1 is 1.16 bits per heavy atom. The standard InChI is InChI=1S/C16H24N2O7/c1-5-17(6-2)16(23)14-15(22)11(9-18(14)10(3)19)25-13(21)8-7-12(20)24-4/h7-8,11,14-15,22H,5-6,9H2,1-4H3/b8-7+/t11-,14-,15+/m0/s1. The topological polar surface area (TPSA) is 113 Å². The Kier molecular flexibility index (Phi) is 7.56. The summed E-state index contributed by atoms with van der Waals surface area (Å²) in [6.45, 7) is 5.60. The van der Waals surface area contributed by atoms with Gasteiger partial charge in [0, 0.05) is 32.2 Å². The van der Waals surface area contributed by atoms with Crippen LogP contribution in [0.2, 0.25) is 0 Å². The Labute approximate surface area is 146 Å². The molecule has 0 bridgehead atoms. The molecular formula is C16H24N2O7. The predicted molar refractivity (Wildman–Crippen MR) is 86.1 cm³/mol. The Hall–Kier alpha value is -2.42. The number of rotatable bonds is 6. The first kappa shape index (κ1) is 20.6. The number of carbonyl (C=O) groups excluding carboxylic acids is 4. The number of aliphatic hydroxyl groups excluding tert-OH is 1. The molecule has 1 rings (SSSR count). The largest absolute Gasteiger partial charge is 0.466 e. The van der Waals surface area contributed by atoms with E-state index in [0.29, 0.717) is 13.1 Å². The summed E-state index contributed by atoms with van der Waals surface area (Å²) < 4.78 is 9.43. The number of esters is 2. The van der Waals surface area contributed by atoms with Crippen LogP contribution in [0.3, 0.4) is 0 Å². The van der Waals surface area contributed by atoms with Crippen molar-refractivity contribution < 1.29 is 33.8 Å². The lowest BCUT2D eigenvalue weighted by molar-refractivity contribution is -0.149. The summed E-state index contributed by atoms with van der Waals surface area (Å²) in [5.74, 6) is -2.43. The molecule has 2 amide bonds. The molecule has 0 spiro atoms. The average Bonchev–Trinajstić information content (AvgIpc) is 2.90. The van der Waals surface area contributed by atoms with Crippen molar-refractivity contribution in [1.29, 1.82) is 0 Å². The summed E-state index contributed by atoms with van der Waals surface area (Å²) in [7, 11) is 1.16. The van der Waals surface area contributed by atoms with Crippen LogP contribution < -0.4 is 0 Å². The highest BCUT2D eigenvalue weighted by Gasteiger charge is 2.48. The zero-order valence-corrected chi connectivity index (χ0v) is 14.8. The fourth-order valence-electron chi connectivity index (χ4n) is 2.63. The lowest BCUT2D eigenvalue weighted by Gasteiger charge is -2.29. The Morgan fingerprint density at radius 3 is 2.20 bits per heavy atom. The van der Waals surface area contributed by atoms with Crippen molar-refractivity contribution in [3.05, 3.63) is 12.2 Å². The van der Waals surface area contributed by atoms with Crippen LogP contribution in [0.5, 0.6) is 0 Å². The number of hydrogen-bond acceptors (Lipinski definition) is 7.